The first-order valence-corrected chi connectivity index (χ1v) is 4.83. The van der Waals surface area contributed by atoms with Gasteiger partial charge in [0.15, 0.2) is 5.69 Å². The van der Waals surface area contributed by atoms with E-state index in [4.69, 9.17) is 5.73 Å². The van der Waals surface area contributed by atoms with Crippen LogP contribution in [0.4, 0.5) is 5.69 Å². The van der Waals surface area contributed by atoms with Crippen molar-refractivity contribution in [2.75, 3.05) is 12.8 Å². The first-order chi connectivity index (χ1) is 8.13. The minimum Gasteiger partial charge on any atom is -0.464 e. The molecule has 0 bridgehead atoms. The van der Waals surface area contributed by atoms with E-state index < -0.39 is 5.97 Å². The summed E-state index contributed by atoms with van der Waals surface area (Å²) in [5.74, 6) is -0.508. The van der Waals surface area contributed by atoms with E-state index in [9.17, 15) is 4.79 Å². The Morgan fingerprint density at radius 2 is 2.24 bits per heavy atom. The van der Waals surface area contributed by atoms with Crippen molar-refractivity contribution in [2.45, 2.75) is 0 Å². The van der Waals surface area contributed by atoms with Crippen molar-refractivity contribution in [3.8, 4) is 11.4 Å². The molecule has 0 spiro atoms. The predicted molar refractivity (Wildman–Crippen MR) is 60.0 cm³/mol. The molecule has 0 amide bonds. The van der Waals surface area contributed by atoms with E-state index in [1.54, 1.807) is 19.2 Å². The summed E-state index contributed by atoms with van der Waals surface area (Å²) in [5.41, 5.74) is 7.23. The van der Waals surface area contributed by atoms with Crippen molar-refractivity contribution in [1.82, 2.24) is 20.0 Å². The van der Waals surface area contributed by atoms with E-state index in [0.717, 1.165) is 0 Å². The van der Waals surface area contributed by atoms with Crippen LogP contribution in [-0.2, 0) is 11.8 Å². The van der Waals surface area contributed by atoms with Crippen molar-refractivity contribution in [3.05, 3.63) is 24.0 Å². The molecule has 0 saturated heterocycles. The van der Waals surface area contributed by atoms with Gasteiger partial charge in [-0.25, -0.2) is 9.48 Å². The number of nitrogens with two attached hydrogens (primary N) is 1. The van der Waals surface area contributed by atoms with Gasteiger partial charge >= 0.3 is 5.97 Å². The smallest absolute Gasteiger partial charge is 0.358 e. The number of nitrogen functional groups attached to an aromatic ring is 1. The Hall–Kier alpha value is -2.44. The number of hydrogen-bond acceptors (Lipinski definition) is 6. The summed E-state index contributed by atoms with van der Waals surface area (Å²) < 4.78 is 6.02. The van der Waals surface area contributed by atoms with Gasteiger partial charge in [0.25, 0.3) is 0 Å². The monoisotopic (exact) mass is 233 g/mol. The Morgan fingerprint density at radius 3 is 2.82 bits per heavy atom. The lowest BCUT2D eigenvalue weighted by atomic mass is 10.2. The van der Waals surface area contributed by atoms with Crippen molar-refractivity contribution >= 4 is 11.7 Å². The molecular formula is C10H11N5O2. The Labute approximate surface area is 97.2 Å². The van der Waals surface area contributed by atoms with Crippen molar-refractivity contribution in [3.63, 3.8) is 0 Å². The summed E-state index contributed by atoms with van der Waals surface area (Å²) in [4.78, 5) is 15.7. The summed E-state index contributed by atoms with van der Waals surface area (Å²) in [6, 6.07) is 3.35. The van der Waals surface area contributed by atoms with Crippen molar-refractivity contribution < 1.29 is 9.53 Å². The van der Waals surface area contributed by atoms with E-state index in [2.05, 4.69) is 20.0 Å². The third kappa shape index (κ3) is 1.94. The zero-order chi connectivity index (χ0) is 12.4. The molecule has 88 valence electrons. The maximum atomic E-state index is 11.6. The second kappa shape index (κ2) is 4.20. The zero-order valence-corrected chi connectivity index (χ0v) is 9.41. The maximum absolute atomic E-state index is 11.6. The first kappa shape index (κ1) is 11.1. The number of pyridine rings is 1. The van der Waals surface area contributed by atoms with Crippen molar-refractivity contribution in [1.29, 1.82) is 0 Å². The van der Waals surface area contributed by atoms with E-state index in [1.807, 2.05) is 0 Å². The number of ether oxygens (including phenoxy) is 1. The summed E-state index contributed by atoms with van der Waals surface area (Å²) in [6.45, 7) is 0. The Balaban J connectivity index is 2.52. The lowest BCUT2D eigenvalue weighted by Gasteiger charge is -2.01. The summed E-state index contributed by atoms with van der Waals surface area (Å²) in [5, 5.41) is 7.67. The van der Waals surface area contributed by atoms with E-state index >= 15 is 0 Å². The quantitative estimate of drug-likeness (QED) is 0.747. The molecule has 2 aromatic rings. The van der Waals surface area contributed by atoms with E-state index in [-0.39, 0.29) is 5.69 Å². The molecule has 2 rings (SSSR count). The molecule has 2 aromatic heterocycles. The van der Waals surface area contributed by atoms with Crippen LogP contribution in [0.2, 0.25) is 0 Å². The van der Waals surface area contributed by atoms with Crippen LogP contribution < -0.4 is 5.73 Å². The number of esters is 1. The molecule has 0 aliphatic rings. The first-order valence-electron chi connectivity index (χ1n) is 4.83. The molecule has 0 unspecified atom stereocenters. The van der Waals surface area contributed by atoms with E-state index in [0.29, 0.717) is 17.1 Å². The number of aromatic nitrogens is 4. The third-order valence-electron chi connectivity index (χ3n) is 2.23. The average molecular weight is 233 g/mol. The van der Waals surface area contributed by atoms with Gasteiger partial charge in [-0.05, 0) is 12.1 Å². The van der Waals surface area contributed by atoms with Gasteiger partial charge in [-0.1, -0.05) is 5.21 Å². The molecule has 0 aliphatic carbocycles. The van der Waals surface area contributed by atoms with Gasteiger partial charge in [-0.2, -0.15) is 0 Å². The Bertz CT molecular complexity index is 546. The topological polar surface area (TPSA) is 95.9 Å². The second-order valence-corrected chi connectivity index (χ2v) is 3.38. The Kier molecular flexibility index (Phi) is 2.73. The van der Waals surface area contributed by atoms with Crippen LogP contribution >= 0.6 is 0 Å². The normalized spacial score (nSPS) is 10.2. The lowest BCUT2D eigenvalue weighted by Crippen LogP contribution is -2.09. The molecule has 7 nitrogen and oxygen atoms in total. The standard InChI is InChI=1S/C10H11N5O2/c1-15-9(10(16)17-2)8(13-14-15)7-4-3-6(11)5-12-7/h3-5H,11H2,1-2H3. The van der Waals surface area contributed by atoms with Crippen LogP contribution in [0.15, 0.2) is 18.3 Å². The largest absolute Gasteiger partial charge is 0.464 e. The minimum absolute atomic E-state index is 0.254. The molecule has 2 N–H and O–H groups in total. The van der Waals surface area contributed by atoms with Gasteiger partial charge in [0.1, 0.15) is 5.69 Å². The van der Waals surface area contributed by atoms with Gasteiger partial charge in [0.2, 0.25) is 0 Å². The van der Waals surface area contributed by atoms with Crippen LogP contribution in [-0.4, -0.2) is 33.1 Å². The minimum atomic E-state index is -0.508. The fraction of sp³-hybridized carbons (Fsp3) is 0.200. The fourth-order valence-electron chi connectivity index (χ4n) is 1.40. The fourth-order valence-corrected chi connectivity index (χ4v) is 1.40. The van der Waals surface area contributed by atoms with Crippen molar-refractivity contribution in [2.24, 2.45) is 7.05 Å². The van der Waals surface area contributed by atoms with Crippen LogP contribution in [0.3, 0.4) is 0 Å². The molecule has 0 radical (unpaired) electrons. The molecule has 0 aromatic carbocycles. The molecule has 0 saturated carbocycles. The number of rotatable bonds is 2. The number of carbonyl (C=O) groups is 1. The Morgan fingerprint density at radius 1 is 1.47 bits per heavy atom. The highest BCUT2D eigenvalue weighted by molar-refractivity contribution is 5.93. The number of nitrogens with zero attached hydrogens (tertiary/aromatic N) is 4. The van der Waals surface area contributed by atoms with Gasteiger partial charge in [0, 0.05) is 7.05 Å². The highest BCUT2D eigenvalue weighted by atomic mass is 16.5. The molecule has 7 heteroatoms. The van der Waals surface area contributed by atoms with Crippen LogP contribution in [0, 0.1) is 0 Å². The number of methoxy groups -OCH3 is 1. The lowest BCUT2D eigenvalue weighted by molar-refractivity contribution is 0.0589. The average Bonchev–Trinajstić information content (AvgIpc) is 2.71. The third-order valence-corrected chi connectivity index (χ3v) is 2.23. The SMILES string of the molecule is COC(=O)c1c(-c2ccc(N)cn2)nnn1C. The van der Waals surface area contributed by atoms with Crippen LogP contribution in [0.5, 0.6) is 0 Å². The predicted octanol–water partition coefficient (Wildman–Crippen LogP) is 0.246. The number of anilines is 1. The van der Waals surface area contributed by atoms with Gasteiger partial charge in [-0.3, -0.25) is 4.98 Å². The summed E-state index contributed by atoms with van der Waals surface area (Å²) in [6.07, 6.45) is 1.49. The second-order valence-electron chi connectivity index (χ2n) is 3.38. The highest BCUT2D eigenvalue weighted by Crippen LogP contribution is 2.19. The number of aryl methyl sites for hydroxylation is 1. The molecule has 0 atom stereocenters. The number of hydrogen-bond donors (Lipinski definition) is 1. The summed E-state index contributed by atoms with van der Waals surface area (Å²) in [7, 11) is 2.91. The molecular weight excluding hydrogens is 222 g/mol. The van der Waals surface area contributed by atoms with Gasteiger partial charge < -0.3 is 10.5 Å². The number of carbonyl (C=O) groups excluding carboxylic acids is 1. The van der Waals surface area contributed by atoms with Crippen LogP contribution in [0.1, 0.15) is 10.5 Å². The molecule has 2 heterocycles. The van der Waals surface area contributed by atoms with Gasteiger partial charge in [0.05, 0.1) is 24.7 Å². The zero-order valence-electron chi connectivity index (χ0n) is 9.41. The van der Waals surface area contributed by atoms with Gasteiger partial charge in [-0.15, -0.1) is 5.10 Å². The highest BCUT2D eigenvalue weighted by Gasteiger charge is 2.21. The van der Waals surface area contributed by atoms with Crippen LogP contribution in [0.25, 0.3) is 11.4 Å². The molecule has 17 heavy (non-hydrogen) atoms. The maximum Gasteiger partial charge on any atom is 0.358 e. The molecule has 0 fully saturated rings. The molecule has 0 aliphatic heterocycles. The van der Waals surface area contributed by atoms with E-state index in [1.165, 1.54) is 18.0 Å². The summed E-state index contributed by atoms with van der Waals surface area (Å²) >= 11 is 0.